The lowest BCUT2D eigenvalue weighted by atomic mass is 9.87. The number of nitrogens with zero attached hydrogens (tertiary/aromatic N) is 1. The third-order valence-corrected chi connectivity index (χ3v) is 7.93. The first-order valence-corrected chi connectivity index (χ1v) is 11.0. The number of aryl methyl sites for hydroxylation is 2. The van der Waals surface area contributed by atoms with Gasteiger partial charge in [-0.3, -0.25) is 9.59 Å². The molecule has 0 fully saturated rings. The van der Waals surface area contributed by atoms with Crippen LogP contribution < -0.4 is 10.3 Å². The van der Waals surface area contributed by atoms with Crippen LogP contribution in [0.3, 0.4) is 0 Å². The molecule has 32 heavy (non-hydrogen) atoms. The predicted octanol–water partition coefficient (Wildman–Crippen LogP) is 6.17. The van der Waals surface area contributed by atoms with E-state index in [1.165, 1.54) is 17.4 Å². The van der Waals surface area contributed by atoms with Crippen molar-refractivity contribution in [3.05, 3.63) is 72.1 Å². The van der Waals surface area contributed by atoms with Gasteiger partial charge in [-0.1, -0.05) is 0 Å². The van der Waals surface area contributed by atoms with Crippen molar-refractivity contribution < 1.29 is 9.21 Å². The average Bonchev–Trinajstić information content (AvgIpc) is 3.03. The van der Waals surface area contributed by atoms with Crippen LogP contribution in [0.25, 0.3) is 22.1 Å². The molecule has 1 amide bonds. The van der Waals surface area contributed by atoms with Gasteiger partial charge in [0.1, 0.15) is 11.8 Å². The van der Waals surface area contributed by atoms with Crippen molar-refractivity contribution in [3.63, 3.8) is 0 Å². The second-order valence-electron chi connectivity index (χ2n) is 9.27. The van der Waals surface area contributed by atoms with E-state index in [1.807, 2.05) is 34.7 Å². The SMILES string of the molecule is C/C(=C1/C(=O)N(C)c2c(C)c(C)c(C)c(C)c21)c1coc2c(C)c(C)c(C)c(C)c2c1=O. The molecule has 0 unspecified atom stereocenters. The average molecular weight is 430 g/mol. The summed E-state index contributed by atoms with van der Waals surface area (Å²) in [6.45, 7) is 18.2. The largest absolute Gasteiger partial charge is 0.463 e. The highest BCUT2D eigenvalue weighted by atomic mass is 16.3. The molecule has 1 aromatic heterocycles. The van der Waals surface area contributed by atoms with Crippen molar-refractivity contribution in [3.8, 4) is 0 Å². The molecule has 4 rings (SSSR count). The van der Waals surface area contributed by atoms with E-state index in [9.17, 15) is 9.59 Å². The van der Waals surface area contributed by atoms with Gasteiger partial charge in [-0.15, -0.1) is 0 Å². The van der Waals surface area contributed by atoms with E-state index in [-0.39, 0.29) is 11.3 Å². The third kappa shape index (κ3) is 2.68. The lowest BCUT2D eigenvalue weighted by Crippen LogP contribution is -2.22. The zero-order chi connectivity index (χ0) is 23.8. The van der Waals surface area contributed by atoms with Crippen molar-refractivity contribution in [1.29, 1.82) is 0 Å². The maximum atomic E-state index is 13.7. The summed E-state index contributed by atoms with van der Waals surface area (Å²) < 4.78 is 6.04. The Hall–Kier alpha value is -3.14. The zero-order valence-electron chi connectivity index (χ0n) is 20.7. The van der Waals surface area contributed by atoms with Gasteiger partial charge in [-0.25, -0.2) is 0 Å². The number of benzene rings is 2. The molecule has 1 aliphatic rings. The topological polar surface area (TPSA) is 50.5 Å². The number of carbonyl (C=O) groups excluding carboxylic acids is 1. The van der Waals surface area contributed by atoms with Crippen molar-refractivity contribution in [2.75, 3.05) is 11.9 Å². The van der Waals surface area contributed by atoms with Gasteiger partial charge >= 0.3 is 0 Å². The summed E-state index contributed by atoms with van der Waals surface area (Å²) in [6.07, 6.45) is 1.53. The molecule has 0 atom stereocenters. The molecular formula is C28H31NO3. The number of hydrogen-bond donors (Lipinski definition) is 0. The molecule has 166 valence electrons. The van der Waals surface area contributed by atoms with E-state index < -0.39 is 0 Å². The number of hydrogen-bond acceptors (Lipinski definition) is 3. The van der Waals surface area contributed by atoms with E-state index in [0.29, 0.717) is 27.7 Å². The summed E-state index contributed by atoms with van der Waals surface area (Å²) in [4.78, 5) is 28.9. The van der Waals surface area contributed by atoms with Gasteiger partial charge in [-0.2, -0.15) is 0 Å². The van der Waals surface area contributed by atoms with Crippen LogP contribution in [-0.4, -0.2) is 13.0 Å². The molecule has 0 spiro atoms. The predicted molar refractivity (Wildman–Crippen MR) is 133 cm³/mol. The minimum atomic E-state index is -0.0822. The number of carbonyl (C=O) groups is 1. The van der Waals surface area contributed by atoms with E-state index in [1.54, 1.807) is 4.90 Å². The zero-order valence-corrected chi connectivity index (χ0v) is 20.7. The van der Waals surface area contributed by atoms with Gasteiger partial charge < -0.3 is 9.32 Å². The van der Waals surface area contributed by atoms with Crippen LogP contribution in [0.15, 0.2) is 15.5 Å². The van der Waals surface area contributed by atoms with Crippen LogP contribution in [-0.2, 0) is 4.79 Å². The van der Waals surface area contributed by atoms with Crippen LogP contribution in [0.2, 0.25) is 0 Å². The molecule has 0 saturated carbocycles. The van der Waals surface area contributed by atoms with Crippen molar-refractivity contribution >= 4 is 33.7 Å². The number of likely N-dealkylation sites (N-methyl/N-ethyl adjacent to an activating group) is 1. The summed E-state index contributed by atoms with van der Waals surface area (Å²) in [5, 5.41) is 0.607. The normalized spacial score (nSPS) is 15.1. The lowest BCUT2D eigenvalue weighted by Gasteiger charge is -2.18. The van der Waals surface area contributed by atoms with Gasteiger partial charge in [0.15, 0.2) is 5.43 Å². The van der Waals surface area contributed by atoms with Crippen molar-refractivity contribution in [2.45, 2.75) is 62.3 Å². The molecule has 4 nitrogen and oxygen atoms in total. The third-order valence-electron chi connectivity index (χ3n) is 7.93. The first-order valence-electron chi connectivity index (χ1n) is 11.0. The molecule has 0 bridgehead atoms. The second kappa shape index (κ2) is 7.19. The second-order valence-corrected chi connectivity index (χ2v) is 9.27. The van der Waals surface area contributed by atoms with E-state index >= 15 is 0 Å². The molecule has 1 aliphatic heterocycles. The van der Waals surface area contributed by atoms with Gasteiger partial charge in [0.2, 0.25) is 0 Å². The Labute approximate surface area is 189 Å². The first kappa shape index (κ1) is 22.1. The van der Waals surface area contributed by atoms with E-state index in [4.69, 9.17) is 4.42 Å². The fourth-order valence-corrected chi connectivity index (χ4v) is 5.14. The number of amides is 1. The van der Waals surface area contributed by atoms with Gasteiger partial charge in [0, 0.05) is 12.6 Å². The number of fused-ring (bicyclic) bond motifs is 2. The fraction of sp³-hybridized carbons (Fsp3) is 0.357. The van der Waals surface area contributed by atoms with Gasteiger partial charge in [-0.05, 0) is 112 Å². The van der Waals surface area contributed by atoms with Gasteiger partial charge in [0.05, 0.1) is 22.2 Å². The Morgan fingerprint density at radius 3 is 1.91 bits per heavy atom. The molecular weight excluding hydrogens is 398 g/mol. The highest BCUT2D eigenvalue weighted by Crippen LogP contribution is 2.46. The monoisotopic (exact) mass is 429 g/mol. The Balaban J connectivity index is 2.12. The molecule has 4 heteroatoms. The Bertz CT molecular complexity index is 1450. The quantitative estimate of drug-likeness (QED) is 0.435. The van der Waals surface area contributed by atoms with Crippen LogP contribution in [0.5, 0.6) is 0 Å². The maximum Gasteiger partial charge on any atom is 0.259 e. The minimum absolute atomic E-state index is 0.0814. The molecule has 0 saturated heterocycles. The maximum absolute atomic E-state index is 13.7. The lowest BCUT2D eigenvalue weighted by molar-refractivity contribution is -0.112. The summed E-state index contributed by atoms with van der Waals surface area (Å²) in [5.74, 6) is -0.0822. The fourth-order valence-electron chi connectivity index (χ4n) is 5.14. The van der Waals surface area contributed by atoms with E-state index in [0.717, 1.165) is 44.6 Å². The Morgan fingerprint density at radius 2 is 1.28 bits per heavy atom. The van der Waals surface area contributed by atoms with Crippen molar-refractivity contribution in [2.24, 2.45) is 0 Å². The van der Waals surface area contributed by atoms with Crippen LogP contribution in [0, 0.1) is 55.4 Å². The smallest absolute Gasteiger partial charge is 0.259 e. The summed E-state index contributed by atoms with van der Waals surface area (Å²) in [7, 11) is 1.81. The molecule has 2 heterocycles. The minimum Gasteiger partial charge on any atom is -0.463 e. The molecule has 3 aromatic rings. The van der Waals surface area contributed by atoms with Gasteiger partial charge in [0.25, 0.3) is 5.91 Å². The van der Waals surface area contributed by atoms with Crippen LogP contribution in [0.1, 0.15) is 62.6 Å². The number of rotatable bonds is 1. The molecule has 0 radical (unpaired) electrons. The number of anilines is 1. The molecule has 0 aliphatic carbocycles. The van der Waals surface area contributed by atoms with Crippen molar-refractivity contribution in [1.82, 2.24) is 0 Å². The standard InChI is InChI=1S/C28H31NO3/c1-12-14(3)18(7)25-22(16(12)5)23(28(31)29(25)10)20(9)21-11-32-27-19(8)15(4)13(2)17(6)24(27)26(21)30/h11H,1-10H3/b23-20-. The highest BCUT2D eigenvalue weighted by molar-refractivity contribution is 6.38. The summed E-state index contributed by atoms with van der Waals surface area (Å²) in [5.41, 5.74) is 12.8. The Morgan fingerprint density at radius 1 is 0.750 bits per heavy atom. The Kier molecular flexibility index (Phi) is 4.96. The molecule has 0 N–H and O–H groups in total. The number of allylic oxidation sites excluding steroid dienone is 1. The highest BCUT2D eigenvalue weighted by Gasteiger charge is 2.36. The molecule has 2 aromatic carbocycles. The summed E-state index contributed by atoms with van der Waals surface area (Å²) >= 11 is 0. The van der Waals surface area contributed by atoms with Crippen LogP contribution >= 0.6 is 0 Å². The van der Waals surface area contributed by atoms with E-state index in [2.05, 4.69) is 34.6 Å². The van der Waals surface area contributed by atoms with Crippen LogP contribution in [0.4, 0.5) is 5.69 Å². The summed E-state index contributed by atoms with van der Waals surface area (Å²) in [6, 6.07) is 0. The first-order chi connectivity index (χ1) is 14.9.